The molecule has 1 rings (SSSR count). The van der Waals surface area contributed by atoms with Crippen molar-refractivity contribution in [3.8, 4) is 0 Å². The number of rotatable bonds is 3. The molecule has 0 radical (unpaired) electrons. The van der Waals surface area contributed by atoms with Gasteiger partial charge in [-0.3, -0.25) is 4.79 Å². The van der Waals surface area contributed by atoms with Crippen molar-refractivity contribution >= 4 is 17.7 Å². The van der Waals surface area contributed by atoms with Crippen molar-refractivity contribution in [3.63, 3.8) is 0 Å². The van der Waals surface area contributed by atoms with E-state index in [4.69, 9.17) is 5.11 Å². The molecular weight excluding hydrogens is 184 g/mol. The first-order valence-corrected chi connectivity index (χ1v) is 5.97. The molecule has 0 saturated carbocycles. The molecule has 76 valence electrons. The molecule has 0 amide bonds. The molecule has 1 aliphatic heterocycles. The van der Waals surface area contributed by atoms with E-state index in [0.717, 1.165) is 0 Å². The van der Waals surface area contributed by atoms with Crippen LogP contribution in [-0.4, -0.2) is 22.6 Å². The van der Waals surface area contributed by atoms with Crippen molar-refractivity contribution in [1.29, 1.82) is 0 Å². The second-order valence-corrected chi connectivity index (χ2v) is 5.67. The quantitative estimate of drug-likeness (QED) is 0.764. The van der Waals surface area contributed by atoms with E-state index in [-0.39, 0.29) is 5.41 Å². The lowest BCUT2D eigenvalue weighted by Gasteiger charge is -2.35. The molecule has 0 spiro atoms. The lowest BCUT2D eigenvalue weighted by molar-refractivity contribution is -0.140. The highest BCUT2D eigenvalue weighted by Gasteiger charge is 2.32. The van der Waals surface area contributed by atoms with Crippen LogP contribution in [0.25, 0.3) is 0 Å². The molecule has 1 saturated heterocycles. The third kappa shape index (κ3) is 3.22. The summed E-state index contributed by atoms with van der Waals surface area (Å²) in [5, 5.41) is 8.77. The van der Waals surface area contributed by atoms with E-state index in [1.807, 2.05) is 11.8 Å². The molecule has 2 nitrogen and oxygen atoms in total. The number of carboxylic acid groups (broad SMARTS) is 1. The van der Waals surface area contributed by atoms with E-state index < -0.39 is 5.97 Å². The van der Waals surface area contributed by atoms with E-state index in [9.17, 15) is 4.79 Å². The largest absolute Gasteiger partial charge is 0.481 e. The minimum Gasteiger partial charge on any atom is -0.481 e. The maximum Gasteiger partial charge on any atom is 0.303 e. The Morgan fingerprint density at radius 1 is 1.46 bits per heavy atom. The van der Waals surface area contributed by atoms with Gasteiger partial charge in [-0.15, -0.1) is 0 Å². The second-order valence-electron chi connectivity index (χ2n) is 4.45. The number of carbonyl (C=O) groups is 1. The van der Waals surface area contributed by atoms with Gasteiger partial charge in [-0.2, -0.15) is 11.8 Å². The molecule has 0 aromatic heterocycles. The van der Waals surface area contributed by atoms with E-state index in [2.05, 4.69) is 13.8 Å². The Hall–Kier alpha value is -0.180. The summed E-state index contributed by atoms with van der Waals surface area (Å²) in [6.07, 6.45) is 2.68. The third-order valence-corrected chi connectivity index (χ3v) is 3.98. The Labute approximate surface area is 84.1 Å². The zero-order chi connectivity index (χ0) is 9.90. The minimum atomic E-state index is -0.664. The highest BCUT2D eigenvalue weighted by molar-refractivity contribution is 7.99. The van der Waals surface area contributed by atoms with Gasteiger partial charge in [0.05, 0.1) is 6.42 Å². The van der Waals surface area contributed by atoms with Crippen LogP contribution in [0.4, 0.5) is 0 Å². The zero-order valence-electron chi connectivity index (χ0n) is 8.38. The van der Waals surface area contributed by atoms with Crippen molar-refractivity contribution < 1.29 is 9.90 Å². The van der Waals surface area contributed by atoms with Crippen LogP contribution in [-0.2, 0) is 4.79 Å². The van der Waals surface area contributed by atoms with Gasteiger partial charge >= 0.3 is 5.97 Å². The molecule has 0 aromatic rings. The van der Waals surface area contributed by atoms with Crippen molar-refractivity contribution in [2.75, 3.05) is 11.5 Å². The molecule has 0 atom stereocenters. The van der Waals surface area contributed by atoms with Gasteiger partial charge in [0.1, 0.15) is 0 Å². The van der Waals surface area contributed by atoms with Crippen molar-refractivity contribution in [3.05, 3.63) is 0 Å². The summed E-state index contributed by atoms with van der Waals surface area (Å²) in [7, 11) is 0. The zero-order valence-corrected chi connectivity index (χ0v) is 9.19. The van der Waals surface area contributed by atoms with Gasteiger partial charge in [0.2, 0.25) is 0 Å². The van der Waals surface area contributed by atoms with Crippen LogP contribution in [0.2, 0.25) is 0 Å². The molecule has 1 aliphatic rings. The molecule has 0 unspecified atom stereocenters. The second kappa shape index (κ2) is 4.36. The monoisotopic (exact) mass is 202 g/mol. The fourth-order valence-corrected chi connectivity index (χ4v) is 3.12. The van der Waals surface area contributed by atoms with Crippen LogP contribution >= 0.6 is 11.8 Å². The summed E-state index contributed by atoms with van der Waals surface area (Å²) < 4.78 is 0. The lowest BCUT2D eigenvalue weighted by Crippen LogP contribution is -2.29. The Kier molecular flexibility index (Phi) is 3.65. The van der Waals surface area contributed by atoms with Crippen LogP contribution in [0.1, 0.15) is 33.1 Å². The Bertz CT molecular complexity index is 183. The van der Waals surface area contributed by atoms with Crippen molar-refractivity contribution in [2.24, 2.45) is 11.3 Å². The van der Waals surface area contributed by atoms with E-state index >= 15 is 0 Å². The first-order valence-electron chi connectivity index (χ1n) is 4.82. The fourth-order valence-electron chi connectivity index (χ4n) is 2.01. The van der Waals surface area contributed by atoms with E-state index in [1.165, 1.54) is 24.3 Å². The fraction of sp³-hybridized carbons (Fsp3) is 0.900. The summed E-state index contributed by atoms with van der Waals surface area (Å²) in [6.45, 7) is 4.17. The molecular formula is C10H18O2S. The Morgan fingerprint density at radius 3 is 2.46 bits per heavy atom. The smallest absolute Gasteiger partial charge is 0.303 e. The van der Waals surface area contributed by atoms with Crippen molar-refractivity contribution in [2.45, 2.75) is 33.1 Å². The third-order valence-electron chi connectivity index (χ3n) is 2.93. The molecule has 1 heterocycles. The first kappa shape index (κ1) is 10.9. The lowest BCUT2D eigenvalue weighted by atomic mass is 9.73. The molecule has 0 aliphatic carbocycles. The number of thioether (sulfide) groups is 1. The molecule has 0 aromatic carbocycles. The number of hydrogen-bond donors (Lipinski definition) is 1. The molecule has 13 heavy (non-hydrogen) atoms. The highest BCUT2D eigenvalue weighted by Crippen LogP contribution is 2.39. The van der Waals surface area contributed by atoms with Gasteiger partial charge in [-0.1, -0.05) is 13.8 Å². The number of aliphatic carboxylic acids is 1. The normalized spacial score (nSPS) is 20.2. The van der Waals surface area contributed by atoms with Gasteiger partial charge in [0.25, 0.3) is 0 Å². The SMILES string of the molecule is CC(C)(CC(=O)O)C1CCSCC1. The van der Waals surface area contributed by atoms with E-state index in [0.29, 0.717) is 12.3 Å². The van der Waals surface area contributed by atoms with Gasteiger partial charge < -0.3 is 5.11 Å². The summed E-state index contributed by atoms with van der Waals surface area (Å²) in [6, 6.07) is 0. The van der Waals surface area contributed by atoms with Crippen LogP contribution in [0, 0.1) is 11.3 Å². The Morgan fingerprint density at radius 2 is 2.00 bits per heavy atom. The van der Waals surface area contributed by atoms with Crippen LogP contribution in [0.15, 0.2) is 0 Å². The van der Waals surface area contributed by atoms with Crippen LogP contribution in [0.5, 0.6) is 0 Å². The predicted octanol–water partition coefficient (Wildman–Crippen LogP) is 2.63. The molecule has 1 fully saturated rings. The summed E-state index contributed by atoms with van der Waals surface area (Å²) in [5.74, 6) is 2.34. The van der Waals surface area contributed by atoms with E-state index in [1.54, 1.807) is 0 Å². The maximum atomic E-state index is 10.7. The predicted molar refractivity (Wildman–Crippen MR) is 56.1 cm³/mol. The topological polar surface area (TPSA) is 37.3 Å². The summed E-state index contributed by atoms with van der Waals surface area (Å²) in [5.41, 5.74) is -0.0210. The van der Waals surface area contributed by atoms with Gasteiger partial charge in [0, 0.05) is 0 Å². The Balaban J connectivity index is 2.50. The first-order chi connectivity index (χ1) is 6.02. The summed E-state index contributed by atoms with van der Waals surface area (Å²) >= 11 is 1.99. The van der Waals surface area contributed by atoms with Crippen LogP contribution in [0.3, 0.4) is 0 Å². The highest BCUT2D eigenvalue weighted by atomic mass is 32.2. The average molecular weight is 202 g/mol. The van der Waals surface area contributed by atoms with Crippen molar-refractivity contribution in [1.82, 2.24) is 0 Å². The van der Waals surface area contributed by atoms with Gasteiger partial charge in [-0.05, 0) is 35.7 Å². The van der Waals surface area contributed by atoms with Gasteiger partial charge in [0.15, 0.2) is 0 Å². The minimum absolute atomic E-state index is 0.0210. The van der Waals surface area contributed by atoms with Crippen LogP contribution < -0.4 is 0 Å². The molecule has 0 bridgehead atoms. The number of hydrogen-bond acceptors (Lipinski definition) is 2. The standard InChI is InChI=1S/C10H18O2S/c1-10(2,7-9(11)12)8-3-5-13-6-4-8/h8H,3-7H2,1-2H3,(H,11,12). The van der Waals surface area contributed by atoms with Gasteiger partial charge in [-0.25, -0.2) is 0 Å². The molecule has 3 heteroatoms. The maximum absolute atomic E-state index is 10.7. The number of carboxylic acids is 1. The summed E-state index contributed by atoms with van der Waals surface area (Å²) in [4.78, 5) is 10.7. The molecule has 1 N–H and O–H groups in total. The average Bonchev–Trinajstić information content (AvgIpc) is 2.04.